The summed E-state index contributed by atoms with van der Waals surface area (Å²) < 4.78 is 7.30. The fraction of sp³-hybridized carbons (Fsp3) is 0.143. The summed E-state index contributed by atoms with van der Waals surface area (Å²) in [5.74, 6) is 1.09. The molecule has 2 aliphatic heterocycles. The Morgan fingerprint density at radius 1 is 1.11 bits per heavy atom. The number of aromatic hydroxyl groups is 1. The van der Waals surface area contributed by atoms with E-state index < -0.39 is 0 Å². The summed E-state index contributed by atoms with van der Waals surface area (Å²) in [5.41, 5.74) is 3.63. The first-order chi connectivity index (χ1) is 13.2. The Bertz CT molecular complexity index is 1040. The maximum atomic E-state index is 10.3. The van der Waals surface area contributed by atoms with Gasteiger partial charge in [-0.15, -0.1) is 0 Å². The Hall–Kier alpha value is -2.86. The minimum Gasteiger partial charge on any atom is -0.507 e. The molecule has 2 atom stereocenters. The first-order valence-corrected chi connectivity index (χ1v) is 9.50. The molecule has 5 nitrogen and oxygen atoms in total. The van der Waals surface area contributed by atoms with E-state index in [1.807, 2.05) is 47.5 Å². The lowest BCUT2D eigenvalue weighted by Gasteiger charge is -2.38. The number of nitrogens with zero attached hydrogens (tertiary/aromatic N) is 3. The van der Waals surface area contributed by atoms with Gasteiger partial charge in [0, 0.05) is 40.0 Å². The monoisotopic (exact) mass is 421 g/mol. The van der Waals surface area contributed by atoms with E-state index in [-0.39, 0.29) is 18.0 Å². The van der Waals surface area contributed by atoms with Crippen molar-refractivity contribution in [3.05, 3.63) is 88.2 Å². The third-order valence-corrected chi connectivity index (χ3v) is 5.43. The number of hydrogen-bond acceptors (Lipinski definition) is 5. The highest BCUT2D eigenvalue weighted by Crippen LogP contribution is 2.48. The molecule has 2 aromatic carbocycles. The first-order valence-electron chi connectivity index (χ1n) is 8.71. The topological polar surface area (TPSA) is 58.0 Å². The van der Waals surface area contributed by atoms with Crippen LogP contribution in [0, 0.1) is 0 Å². The summed E-state index contributed by atoms with van der Waals surface area (Å²) in [6.45, 7) is 0. The molecular formula is C21H16BrN3O2. The van der Waals surface area contributed by atoms with E-state index in [9.17, 15) is 5.11 Å². The number of aromatic nitrogens is 1. The summed E-state index contributed by atoms with van der Waals surface area (Å²) in [6, 6.07) is 17.3. The first kappa shape index (κ1) is 16.3. The zero-order valence-corrected chi connectivity index (χ0v) is 15.9. The van der Waals surface area contributed by atoms with Crippen LogP contribution in [-0.2, 0) is 0 Å². The predicted molar refractivity (Wildman–Crippen MR) is 106 cm³/mol. The number of phenolic OH excluding ortho intramolecular Hbond substituents is 1. The van der Waals surface area contributed by atoms with Crippen LogP contribution in [0.4, 0.5) is 0 Å². The Labute approximate surface area is 165 Å². The van der Waals surface area contributed by atoms with Crippen molar-refractivity contribution in [1.82, 2.24) is 9.99 Å². The smallest absolute Gasteiger partial charge is 0.215 e. The van der Waals surface area contributed by atoms with Crippen molar-refractivity contribution in [1.29, 1.82) is 0 Å². The van der Waals surface area contributed by atoms with Gasteiger partial charge in [0.15, 0.2) is 0 Å². The van der Waals surface area contributed by atoms with Gasteiger partial charge in [-0.05, 0) is 36.4 Å². The number of phenols is 1. The number of benzene rings is 2. The molecule has 0 fully saturated rings. The summed E-state index contributed by atoms with van der Waals surface area (Å²) in [4.78, 5) is 4.23. The van der Waals surface area contributed by atoms with Crippen molar-refractivity contribution in [3.8, 4) is 11.5 Å². The SMILES string of the molecule is Oc1ccccc1C1=NN2[C@@H](C1)c1cc(Br)ccc1O[C@H]2c1cccnc1. The number of para-hydroxylation sites is 1. The number of ether oxygens (including phenoxy) is 1. The van der Waals surface area contributed by atoms with Crippen LogP contribution in [0.3, 0.4) is 0 Å². The van der Waals surface area contributed by atoms with Gasteiger partial charge in [0.25, 0.3) is 0 Å². The number of hydrogen-bond donors (Lipinski definition) is 1. The number of pyridine rings is 1. The second-order valence-corrected chi connectivity index (χ2v) is 7.52. The second kappa shape index (κ2) is 6.39. The molecule has 134 valence electrons. The summed E-state index contributed by atoms with van der Waals surface area (Å²) in [5, 5.41) is 17.1. The van der Waals surface area contributed by atoms with Crippen molar-refractivity contribution in [3.63, 3.8) is 0 Å². The van der Waals surface area contributed by atoms with Gasteiger partial charge in [0.2, 0.25) is 6.23 Å². The Morgan fingerprint density at radius 2 is 2.00 bits per heavy atom. The minimum absolute atomic E-state index is 0.0334. The van der Waals surface area contributed by atoms with E-state index in [4.69, 9.17) is 9.84 Å². The molecule has 0 bridgehead atoms. The van der Waals surface area contributed by atoms with Crippen LogP contribution in [0.1, 0.15) is 35.4 Å². The summed E-state index contributed by atoms with van der Waals surface area (Å²) in [7, 11) is 0. The van der Waals surface area contributed by atoms with E-state index >= 15 is 0 Å². The van der Waals surface area contributed by atoms with E-state index in [0.29, 0.717) is 6.42 Å². The molecule has 5 rings (SSSR count). The fourth-order valence-corrected chi connectivity index (χ4v) is 4.06. The van der Waals surface area contributed by atoms with Crippen molar-refractivity contribution in [2.24, 2.45) is 5.10 Å². The summed E-state index contributed by atoms with van der Waals surface area (Å²) >= 11 is 3.56. The van der Waals surface area contributed by atoms with E-state index in [1.165, 1.54) is 0 Å². The third-order valence-electron chi connectivity index (χ3n) is 4.94. The van der Waals surface area contributed by atoms with Crippen LogP contribution in [-0.4, -0.2) is 20.8 Å². The van der Waals surface area contributed by atoms with E-state index in [0.717, 1.165) is 32.6 Å². The minimum atomic E-state index is -0.360. The third kappa shape index (κ3) is 2.77. The highest BCUT2D eigenvalue weighted by atomic mass is 79.9. The van der Waals surface area contributed by atoms with Crippen molar-refractivity contribution in [2.45, 2.75) is 18.7 Å². The Balaban J connectivity index is 1.63. The maximum Gasteiger partial charge on any atom is 0.215 e. The lowest BCUT2D eigenvalue weighted by molar-refractivity contribution is -0.0192. The zero-order valence-electron chi connectivity index (χ0n) is 14.3. The van der Waals surface area contributed by atoms with Crippen LogP contribution >= 0.6 is 15.9 Å². The zero-order chi connectivity index (χ0) is 18.4. The molecule has 2 aliphatic rings. The van der Waals surface area contributed by atoms with Gasteiger partial charge in [-0.25, -0.2) is 5.01 Å². The average Bonchev–Trinajstić information content (AvgIpc) is 3.14. The molecule has 1 N–H and O–H groups in total. The van der Waals surface area contributed by atoms with Crippen LogP contribution in [0.15, 0.2) is 76.6 Å². The van der Waals surface area contributed by atoms with Crippen LogP contribution in [0.2, 0.25) is 0 Å². The van der Waals surface area contributed by atoms with Gasteiger partial charge in [0.1, 0.15) is 11.5 Å². The molecule has 6 heteroatoms. The molecule has 3 aromatic rings. The van der Waals surface area contributed by atoms with Crippen LogP contribution in [0.5, 0.6) is 11.5 Å². The highest BCUT2D eigenvalue weighted by molar-refractivity contribution is 9.10. The molecule has 0 unspecified atom stereocenters. The van der Waals surface area contributed by atoms with Gasteiger partial charge < -0.3 is 9.84 Å². The average molecular weight is 422 g/mol. The summed E-state index contributed by atoms with van der Waals surface area (Å²) in [6.07, 6.45) is 3.89. The van der Waals surface area contributed by atoms with Gasteiger partial charge in [-0.3, -0.25) is 4.98 Å². The molecule has 0 aliphatic carbocycles. The van der Waals surface area contributed by atoms with Gasteiger partial charge in [0.05, 0.1) is 11.8 Å². The van der Waals surface area contributed by atoms with Gasteiger partial charge in [-0.1, -0.05) is 34.1 Å². The van der Waals surface area contributed by atoms with Crippen LogP contribution in [0.25, 0.3) is 0 Å². The highest BCUT2D eigenvalue weighted by Gasteiger charge is 2.41. The lowest BCUT2D eigenvalue weighted by atomic mass is 9.96. The van der Waals surface area contributed by atoms with Crippen LogP contribution < -0.4 is 4.74 Å². The molecule has 27 heavy (non-hydrogen) atoms. The molecular weight excluding hydrogens is 406 g/mol. The molecule has 0 spiro atoms. The van der Waals surface area contributed by atoms with Crippen molar-refractivity contribution in [2.75, 3.05) is 0 Å². The normalized spacial score (nSPS) is 20.5. The Morgan fingerprint density at radius 3 is 2.81 bits per heavy atom. The van der Waals surface area contributed by atoms with E-state index in [2.05, 4.69) is 27.0 Å². The molecule has 1 aromatic heterocycles. The lowest BCUT2D eigenvalue weighted by Crippen LogP contribution is -2.33. The van der Waals surface area contributed by atoms with Gasteiger partial charge in [-0.2, -0.15) is 5.10 Å². The predicted octanol–water partition coefficient (Wildman–Crippen LogP) is 4.79. The van der Waals surface area contributed by atoms with Crippen molar-refractivity contribution < 1.29 is 9.84 Å². The standard InChI is InChI=1S/C21H16BrN3O2/c22-14-7-8-20-16(10-14)18-11-17(15-5-1-2-6-19(15)26)24-25(18)21(27-20)13-4-3-9-23-12-13/h1-10,12,18,21,26H,11H2/t18-,21-/m0/s1. The Kier molecular flexibility index (Phi) is 3.86. The molecule has 0 amide bonds. The largest absolute Gasteiger partial charge is 0.507 e. The van der Waals surface area contributed by atoms with Crippen molar-refractivity contribution >= 4 is 21.6 Å². The number of halogens is 1. The fourth-order valence-electron chi connectivity index (χ4n) is 3.68. The van der Waals surface area contributed by atoms with Gasteiger partial charge >= 0.3 is 0 Å². The quantitative estimate of drug-likeness (QED) is 0.645. The maximum absolute atomic E-state index is 10.3. The molecule has 3 heterocycles. The number of rotatable bonds is 2. The molecule has 0 saturated heterocycles. The number of hydrazone groups is 1. The number of fused-ring (bicyclic) bond motifs is 3. The molecule has 0 saturated carbocycles. The molecule has 0 radical (unpaired) electrons. The second-order valence-electron chi connectivity index (χ2n) is 6.60. The van der Waals surface area contributed by atoms with E-state index in [1.54, 1.807) is 18.5 Å².